The molecule has 2 heterocycles. The fourth-order valence-corrected chi connectivity index (χ4v) is 3.75. The summed E-state index contributed by atoms with van der Waals surface area (Å²) in [5.41, 5.74) is -0.923. The highest BCUT2D eigenvalue weighted by Crippen LogP contribution is 2.29. The molecule has 0 aliphatic carbocycles. The van der Waals surface area contributed by atoms with E-state index in [0.717, 1.165) is 38.9 Å². The van der Waals surface area contributed by atoms with Gasteiger partial charge >= 0.3 is 0 Å². The topological polar surface area (TPSA) is 35.9 Å². The lowest BCUT2D eigenvalue weighted by atomic mass is 9.89. The molecule has 1 N–H and O–H groups in total. The third-order valence-electron chi connectivity index (χ3n) is 5.17. The Labute approximate surface area is 137 Å². The Morgan fingerprint density at radius 1 is 1.22 bits per heavy atom. The number of rotatable bonds is 3. The maximum absolute atomic E-state index is 13.3. The zero-order valence-electron chi connectivity index (χ0n) is 14.0. The molecular weight excluding hydrogens is 295 g/mol. The van der Waals surface area contributed by atoms with Crippen LogP contribution in [0.2, 0.25) is 0 Å². The molecule has 4 nitrogen and oxygen atoms in total. The van der Waals surface area contributed by atoms with Crippen molar-refractivity contribution in [1.29, 1.82) is 0 Å². The molecule has 5 heteroatoms. The quantitative estimate of drug-likeness (QED) is 0.925. The van der Waals surface area contributed by atoms with Crippen LogP contribution in [0.25, 0.3) is 0 Å². The fraction of sp³-hybridized carbons (Fsp3) is 0.667. The Hall–Kier alpha value is -1.17. The number of benzene rings is 1. The van der Waals surface area contributed by atoms with Gasteiger partial charge in [0.15, 0.2) is 0 Å². The molecule has 0 radical (unpaired) electrons. The normalized spacial score (nSPS) is 31.2. The van der Waals surface area contributed by atoms with Gasteiger partial charge in [0.1, 0.15) is 23.3 Å². The van der Waals surface area contributed by atoms with Crippen LogP contribution < -0.4 is 4.74 Å². The summed E-state index contributed by atoms with van der Waals surface area (Å²) >= 11 is 0. The molecule has 3 rings (SSSR count). The van der Waals surface area contributed by atoms with Crippen LogP contribution in [-0.2, 0) is 0 Å². The van der Waals surface area contributed by atoms with Crippen molar-refractivity contribution in [3.63, 3.8) is 0 Å². The van der Waals surface area contributed by atoms with Crippen LogP contribution in [0.4, 0.5) is 4.39 Å². The number of hydrogen-bond donors (Lipinski definition) is 1. The second kappa shape index (κ2) is 6.75. The highest BCUT2D eigenvalue weighted by Gasteiger charge is 2.41. The molecule has 0 saturated carbocycles. The molecule has 23 heavy (non-hydrogen) atoms. The summed E-state index contributed by atoms with van der Waals surface area (Å²) in [4.78, 5) is 4.76. The van der Waals surface area contributed by atoms with Gasteiger partial charge in [0.2, 0.25) is 0 Å². The van der Waals surface area contributed by atoms with Crippen LogP contribution in [-0.4, -0.2) is 65.9 Å². The highest BCUT2D eigenvalue weighted by atomic mass is 19.1. The number of halogens is 1. The minimum atomic E-state index is -0.923. The van der Waals surface area contributed by atoms with Crippen molar-refractivity contribution in [3.05, 3.63) is 30.1 Å². The molecule has 0 bridgehead atoms. The van der Waals surface area contributed by atoms with Crippen LogP contribution in [0.5, 0.6) is 5.75 Å². The zero-order chi connectivity index (χ0) is 16.4. The summed E-state index contributed by atoms with van der Waals surface area (Å²) < 4.78 is 19.2. The molecule has 0 aromatic heterocycles. The molecule has 2 fully saturated rings. The first kappa shape index (κ1) is 16.7. The predicted octanol–water partition coefficient (Wildman–Crippen LogP) is 2.12. The number of likely N-dealkylation sites (tertiary alicyclic amines) is 2. The minimum Gasteiger partial charge on any atom is -0.487 e. The molecule has 0 amide bonds. The van der Waals surface area contributed by atoms with E-state index in [1.165, 1.54) is 12.1 Å². The van der Waals surface area contributed by atoms with E-state index in [1.807, 2.05) is 6.92 Å². The predicted molar refractivity (Wildman–Crippen MR) is 88.1 cm³/mol. The first-order valence-corrected chi connectivity index (χ1v) is 8.51. The summed E-state index contributed by atoms with van der Waals surface area (Å²) in [5, 5.41) is 10.8. The highest BCUT2D eigenvalue weighted by molar-refractivity contribution is 5.23. The van der Waals surface area contributed by atoms with Gasteiger partial charge in [0.05, 0.1) is 0 Å². The summed E-state index contributed by atoms with van der Waals surface area (Å²) in [6, 6.07) is 6.69. The van der Waals surface area contributed by atoms with Crippen molar-refractivity contribution in [2.24, 2.45) is 0 Å². The number of ether oxygens (including phenoxy) is 1. The van der Waals surface area contributed by atoms with Crippen molar-refractivity contribution in [2.75, 3.05) is 33.2 Å². The average Bonchev–Trinajstić information content (AvgIpc) is 2.50. The maximum atomic E-state index is 13.3. The SMILES string of the molecule is CN1CCC(N2CC[C@H](Oc3cccc(F)c3)[C@@](C)(O)C2)CC1. The van der Waals surface area contributed by atoms with Crippen LogP contribution in [0.15, 0.2) is 24.3 Å². The van der Waals surface area contributed by atoms with Gasteiger partial charge < -0.3 is 14.7 Å². The van der Waals surface area contributed by atoms with Crippen LogP contribution in [0.1, 0.15) is 26.2 Å². The maximum Gasteiger partial charge on any atom is 0.129 e. The summed E-state index contributed by atoms with van der Waals surface area (Å²) in [5.74, 6) is 0.175. The Morgan fingerprint density at radius 3 is 2.61 bits per heavy atom. The number of nitrogens with zero attached hydrogens (tertiary/aromatic N) is 2. The Morgan fingerprint density at radius 2 is 1.96 bits per heavy atom. The number of aliphatic hydroxyl groups is 1. The second-order valence-corrected chi connectivity index (χ2v) is 7.21. The van der Waals surface area contributed by atoms with Gasteiger partial charge in [-0.3, -0.25) is 4.90 Å². The van der Waals surface area contributed by atoms with E-state index in [9.17, 15) is 9.50 Å². The van der Waals surface area contributed by atoms with E-state index < -0.39 is 5.60 Å². The summed E-state index contributed by atoms with van der Waals surface area (Å²) in [7, 11) is 2.16. The van der Waals surface area contributed by atoms with Crippen molar-refractivity contribution in [2.45, 2.75) is 43.9 Å². The van der Waals surface area contributed by atoms with Gasteiger partial charge in [-0.25, -0.2) is 4.39 Å². The molecule has 2 aliphatic heterocycles. The number of hydrogen-bond acceptors (Lipinski definition) is 4. The summed E-state index contributed by atoms with van der Waals surface area (Å²) in [6.07, 6.45) is 2.77. The lowest BCUT2D eigenvalue weighted by Gasteiger charge is -2.47. The minimum absolute atomic E-state index is 0.299. The van der Waals surface area contributed by atoms with Gasteiger partial charge in [-0.15, -0.1) is 0 Å². The van der Waals surface area contributed by atoms with E-state index in [4.69, 9.17) is 4.74 Å². The van der Waals surface area contributed by atoms with Crippen LogP contribution >= 0.6 is 0 Å². The smallest absolute Gasteiger partial charge is 0.129 e. The Bertz CT molecular complexity index is 530. The molecule has 2 aliphatic rings. The number of piperidine rings is 2. The first-order valence-electron chi connectivity index (χ1n) is 8.51. The number of β-amino-alcohol motifs (C(OH)–C–C–N with tert-alkyl or cyclic N) is 1. The molecule has 1 aromatic rings. The van der Waals surface area contributed by atoms with Crippen molar-refractivity contribution < 1.29 is 14.2 Å². The lowest BCUT2D eigenvalue weighted by molar-refractivity contribution is -0.109. The van der Waals surface area contributed by atoms with E-state index in [1.54, 1.807) is 12.1 Å². The summed E-state index contributed by atoms with van der Waals surface area (Å²) in [6.45, 7) is 5.60. The third kappa shape index (κ3) is 4.03. The largest absolute Gasteiger partial charge is 0.487 e. The monoisotopic (exact) mass is 322 g/mol. The first-order chi connectivity index (χ1) is 10.9. The lowest BCUT2D eigenvalue weighted by Crippen LogP contribution is -2.60. The van der Waals surface area contributed by atoms with E-state index in [-0.39, 0.29) is 11.9 Å². The molecule has 2 atom stereocenters. The van der Waals surface area contributed by atoms with E-state index in [2.05, 4.69) is 16.8 Å². The Balaban J connectivity index is 1.61. The third-order valence-corrected chi connectivity index (χ3v) is 5.17. The standard InChI is InChI=1S/C18H27FN2O2/c1-18(22)13-21(15-6-9-20(2)10-7-15)11-8-17(18)23-16-5-3-4-14(19)12-16/h3-5,12,15,17,22H,6-11,13H2,1-2H3/t17-,18-/m0/s1. The van der Waals surface area contributed by atoms with E-state index in [0.29, 0.717) is 18.3 Å². The molecule has 2 saturated heterocycles. The molecular formula is C18H27FN2O2. The van der Waals surface area contributed by atoms with Gasteiger partial charge in [-0.05, 0) is 58.5 Å². The van der Waals surface area contributed by atoms with Gasteiger partial charge in [-0.1, -0.05) is 6.07 Å². The van der Waals surface area contributed by atoms with Crippen molar-refractivity contribution >= 4 is 0 Å². The van der Waals surface area contributed by atoms with E-state index >= 15 is 0 Å². The molecule has 0 unspecified atom stereocenters. The van der Waals surface area contributed by atoms with Crippen molar-refractivity contribution in [3.8, 4) is 5.75 Å². The zero-order valence-corrected chi connectivity index (χ0v) is 14.0. The van der Waals surface area contributed by atoms with Gasteiger partial charge in [0, 0.05) is 25.2 Å². The van der Waals surface area contributed by atoms with Crippen molar-refractivity contribution in [1.82, 2.24) is 9.80 Å². The van der Waals surface area contributed by atoms with Gasteiger partial charge in [0.25, 0.3) is 0 Å². The van der Waals surface area contributed by atoms with Crippen LogP contribution in [0, 0.1) is 5.82 Å². The Kier molecular flexibility index (Phi) is 4.90. The molecule has 1 aromatic carbocycles. The molecule has 128 valence electrons. The average molecular weight is 322 g/mol. The van der Waals surface area contributed by atoms with Crippen LogP contribution in [0.3, 0.4) is 0 Å². The molecule has 0 spiro atoms. The van der Waals surface area contributed by atoms with Gasteiger partial charge in [-0.2, -0.15) is 0 Å². The second-order valence-electron chi connectivity index (χ2n) is 7.21. The fourth-order valence-electron chi connectivity index (χ4n) is 3.75.